The maximum atomic E-state index is 12.8. The van der Waals surface area contributed by atoms with Crippen LogP contribution in [0.2, 0.25) is 0 Å². The summed E-state index contributed by atoms with van der Waals surface area (Å²) in [5.74, 6) is 1.13. The summed E-state index contributed by atoms with van der Waals surface area (Å²) in [6, 6.07) is 19.6. The van der Waals surface area contributed by atoms with Crippen LogP contribution in [0.3, 0.4) is 0 Å². The smallest absolute Gasteiger partial charge is 0.298 e. The van der Waals surface area contributed by atoms with E-state index < -0.39 is 0 Å². The first kappa shape index (κ1) is 21.7. The second-order valence-electron chi connectivity index (χ2n) is 7.97. The third kappa shape index (κ3) is 5.21. The minimum absolute atomic E-state index is 0.185. The lowest BCUT2D eigenvalue weighted by Gasteiger charge is -2.10. The highest BCUT2D eigenvalue weighted by Crippen LogP contribution is 2.28. The molecule has 0 bridgehead atoms. The van der Waals surface area contributed by atoms with Gasteiger partial charge in [-0.05, 0) is 74.2 Å². The molecule has 0 fully saturated rings. The average molecular weight is 444 g/mol. The molecule has 0 spiro atoms. The number of hydrogen-bond acceptors (Lipinski definition) is 5. The van der Waals surface area contributed by atoms with Crippen molar-refractivity contribution in [3.05, 3.63) is 99.9 Å². The molecule has 1 amide bonds. The lowest BCUT2D eigenvalue weighted by Crippen LogP contribution is -2.12. The first-order valence-corrected chi connectivity index (χ1v) is 11.2. The fourth-order valence-electron chi connectivity index (χ4n) is 3.21. The van der Waals surface area contributed by atoms with Crippen molar-refractivity contribution in [2.75, 3.05) is 5.32 Å². The Hall–Kier alpha value is -3.51. The zero-order valence-corrected chi connectivity index (χ0v) is 19.4. The summed E-state index contributed by atoms with van der Waals surface area (Å²) < 4.78 is 10.4. The fourth-order valence-corrected chi connectivity index (χ4v) is 3.77. The van der Waals surface area contributed by atoms with E-state index >= 15 is 0 Å². The number of ether oxygens (including phenoxy) is 1. The molecule has 0 unspecified atom stereocenters. The van der Waals surface area contributed by atoms with Gasteiger partial charge in [0.1, 0.15) is 5.75 Å². The molecule has 32 heavy (non-hydrogen) atoms. The van der Waals surface area contributed by atoms with E-state index in [0.717, 1.165) is 28.2 Å². The normalized spacial score (nSPS) is 10.8. The number of hydrogen-bond donors (Lipinski definition) is 1. The van der Waals surface area contributed by atoms with E-state index in [1.54, 1.807) is 12.1 Å². The molecular weight excluding hydrogens is 418 g/mol. The van der Waals surface area contributed by atoms with Crippen molar-refractivity contribution in [1.82, 2.24) is 9.36 Å². The molecular formula is C26H25N3O2S. The molecule has 0 radical (unpaired) electrons. The van der Waals surface area contributed by atoms with Crippen molar-refractivity contribution in [3.63, 3.8) is 0 Å². The number of carbonyl (C=O) groups is 1. The number of aromatic nitrogens is 2. The van der Waals surface area contributed by atoms with E-state index in [1.807, 2.05) is 45.0 Å². The highest BCUT2D eigenvalue weighted by atomic mass is 32.1. The van der Waals surface area contributed by atoms with Gasteiger partial charge in [-0.15, -0.1) is 0 Å². The average Bonchev–Trinajstić information content (AvgIpc) is 3.20. The molecule has 1 aromatic heterocycles. The Morgan fingerprint density at radius 3 is 2.41 bits per heavy atom. The second kappa shape index (κ2) is 9.32. The number of anilines is 1. The van der Waals surface area contributed by atoms with E-state index in [-0.39, 0.29) is 5.91 Å². The lowest BCUT2D eigenvalue weighted by molar-refractivity contribution is 0.102. The SMILES string of the molecule is Cc1ccc(Cc2nsc(Oc3cc(C(=O)Nc4ccc(C)c(C)c4)ccc3C)n2)cc1. The second-order valence-corrected chi connectivity index (χ2v) is 8.69. The van der Waals surface area contributed by atoms with Crippen LogP contribution in [0, 0.1) is 27.7 Å². The minimum atomic E-state index is -0.185. The molecule has 0 saturated carbocycles. The molecule has 4 aromatic rings. The Balaban J connectivity index is 1.47. The maximum absolute atomic E-state index is 12.8. The fraction of sp³-hybridized carbons (Fsp3) is 0.192. The summed E-state index contributed by atoms with van der Waals surface area (Å²) in [5.41, 5.74) is 6.91. The zero-order valence-electron chi connectivity index (χ0n) is 18.6. The van der Waals surface area contributed by atoms with Gasteiger partial charge in [0.2, 0.25) is 0 Å². The number of benzene rings is 3. The summed E-state index contributed by atoms with van der Waals surface area (Å²) in [5, 5.41) is 3.41. The first-order chi connectivity index (χ1) is 15.4. The third-order valence-corrected chi connectivity index (χ3v) is 5.98. The van der Waals surface area contributed by atoms with E-state index in [9.17, 15) is 4.79 Å². The van der Waals surface area contributed by atoms with Crippen molar-refractivity contribution in [2.45, 2.75) is 34.1 Å². The van der Waals surface area contributed by atoms with Crippen molar-refractivity contribution in [3.8, 4) is 10.9 Å². The summed E-state index contributed by atoms with van der Waals surface area (Å²) in [7, 11) is 0. The van der Waals surface area contributed by atoms with Gasteiger partial charge in [0.05, 0.1) is 0 Å². The summed E-state index contributed by atoms with van der Waals surface area (Å²) >= 11 is 1.21. The molecule has 0 atom stereocenters. The number of carbonyl (C=O) groups excluding carboxylic acids is 1. The van der Waals surface area contributed by atoms with Crippen molar-refractivity contribution in [1.29, 1.82) is 0 Å². The van der Waals surface area contributed by atoms with Gasteiger partial charge in [-0.2, -0.15) is 9.36 Å². The van der Waals surface area contributed by atoms with Gasteiger partial charge in [0.15, 0.2) is 5.82 Å². The molecule has 0 aliphatic rings. The highest BCUT2D eigenvalue weighted by Gasteiger charge is 2.13. The number of nitrogens with one attached hydrogen (secondary N) is 1. The predicted octanol–water partition coefficient (Wildman–Crippen LogP) is 6.41. The van der Waals surface area contributed by atoms with Crippen LogP contribution in [0.4, 0.5) is 5.69 Å². The summed E-state index contributed by atoms with van der Waals surface area (Å²) in [4.78, 5) is 17.3. The lowest BCUT2D eigenvalue weighted by atomic mass is 10.1. The Morgan fingerprint density at radius 2 is 1.66 bits per heavy atom. The van der Waals surface area contributed by atoms with Crippen LogP contribution in [0.1, 0.15) is 44.0 Å². The Morgan fingerprint density at radius 1 is 0.906 bits per heavy atom. The Kier molecular flexibility index (Phi) is 6.32. The molecule has 6 heteroatoms. The molecule has 0 saturated heterocycles. The molecule has 5 nitrogen and oxygen atoms in total. The number of rotatable bonds is 6. The monoisotopic (exact) mass is 443 g/mol. The van der Waals surface area contributed by atoms with Crippen LogP contribution in [-0.4, -0.2) is 15.3 Å². The number of amides is 1. The van der Waals surface area contributed by atoms with E-state index in [2.05, 4.69) is 45.9 Å². The largest absolute Gasteiger partial charge is 0.430 e. The topological polar surface area (TPSA) is 64.1 Å². The zero-order chi connectivity index (χ0) is 22.7. The van der Waals surface area contributed by atoms with Crippen LogP contribution in [0.5, 0.6) is 10.9 Å². The van der Waals surface area contributed by atoms with Crippen LogP contribution < -0.4 is 10.1 Å². The number of aryl methyl sites for hydroxylation is 4. The molecule has 0 aliphatic carbocycles. The van der Waals surface area contributed by atoms with Gasteiger partial charge < -0.3 is 10.1 Å². The van der Waals surface area contributed by atoms with E-state index in [1.165, 1.54) is 22.7 Å². The van der Waals surface area contributed by atoms with Gasteiger partial charge in [0.25, 0.3) is 11.1 Å². The maximum Gasteiger partial charge on any atom is 0.298 e. The highest BCUT2D eigenvalue weighted by molar-refractivity contribution is 7.07. The minimum Gasteiger partial charge on any atom is -0.430 e. The third-order valence-electron chi connectivity index (χ3n) is 5.34. The number of nitrogens with zero attached hydrogens (tertiary/aromatic N) is 2. The summed E-state index contributed by atoms with van der Waals surface area (Å²) in [6.07, 6.45) is 0.650. The summed E-state index contributed by atoms with van der Waals surface area (Å²) in [6.45, 7) is 8.08. The first-order valence-electron chi connectivity index (χ1n) is 10.4. The van der Waals surface area contributed by atoms with Crippen LogP contribution in [-0.2, 0) is 6.42 Å². The quantitative estimate of drug-likeness (QED) is 0.374. The Bertz CT molecular complexity index is 1260. The molecule has 4 rings (SSSR count). The van der Waals surface area contributed by atoms with Gasteiger partial charge in [-0.25, -0.2) is 0 Å². The van der Waals surface area contributed by atoms with Crippen molar-refractivity contribution in [2.24, 2.45) is 0 Å². The standard InChI is InChI=1S/C26H25N3O2S/c1-16-5-9-20(10-6-16)14-24-28-26(32-29-24)31-23-15-21(11-7-18(23)3)25(30)27-22-12-8-17(2)19(4)13-22/h5-13,15H,14H2,1-4H3,(H,27,30). The van der Waals surface area contributed by atoms with Crippen LogP contribution >= 0.6 is 11.5 Å². The molecule has 1 heterocycles. The van der Waals surface area contributed by atoms with Gasteiger partial charge in [-0.3, -0.25) is 4.79 Å². The molecule has 162 valence electrons. The van der Waals surface area contributed by atoms with Crippen LogP contribution in [0.25, 0.3) is 0 Å². The molecule has 3 aromatic carbocycles. The van der Waals surface area contributed by atoms with Gasteiger partial charge >= 0.3 is 0 Å². The van der Waals surface area contributed by atoms with Crippen molar-refractivity contribution < 1.29 is 9.53 Å². The van der Waals surface area contributed by atoms with Crippen LogP contribution in [0.15, 0.2) is 60.7 Å². The van der Waals surface area contributed by atoms with Gasteiger partial charge in [-0.1, -0.05) is 42.0 Å². The van der Waals surface area contributed by atoms with Gasteiger partial charge in [0, 0.05) is 29.2 Å². The van der Waals surface area contributed by atoms with E-state index in [0.29, 0.717) is 22.9 Å². The van der Waals surface area contributed by atoms with E-state index in [4.69, 9.17) is 4.74 Å². The van der Waals surface area contributed by atoms with Crippen molar-refractivity contribution >= 4 is 23.1 Å². The molecule has 0 aliphatic heterocycles. The predicted molar refractivity (Wildman–Crippen MR) is 129 cm³/mol. The molecule has 1 N–H and O–H groups in total. The Labute approximate surface area is 192 Å².